The summed E-state index contributed by atoms with van der Waals surface area (Å²) in [7, 11) is 1.65. The molecule has 0 amide bonds. The first-order valence-corrected chi connectivity index (χ1v) is 7.33. The van der Waals surface area contributed by atoms with E-state index in [-0.39, 0.29) is 0 Å². The van der Waals surface area contributed by atoms with Crippen molar-refractivity contribution in [2.45, 2.75) is 25.3 Å². The molecule has 1 aromatic heterocycles. The van der Waals surface area contributed by atoms with Gasteiger partial charge in [-0.3, -0.25) is 0 Å². The molecule has 3 nitrogen and oxygen atoms in total. The minimum Gasteiger partial charge on any atom is -0.496 e. The molecule has 20 heavy (non-hydrogen) atoms. The second-order valence-corrected chi connectivity index (χ2v) is 5.49. The monoisotopic (exact) mass is 291 g/mol. The van der Waals surface area contributed by atoms with E-state index in [4.69, 9.17) is 20.8 Å². The smallest absolute Gasteiger partial charge is 0.138 e. The number of hydrogen-bond acceptors (Lipinski definition) is 3. The van der Waals surface area contributed by atoms with E-state index in [1.807, 2.05) is 30.3 Å². The SMILES string of the molecule is COc1ccc(Cl)cc1-c1ccc([C@@H]2CCCCN2)o1. The Kier molecular flexibility index (Phi) is 3.99. The predicted octanol–water partition coefficient (Wildman–Crippen LogP) is 4.42. The minimum absolute atomic E-state index is 0.322. The Labute approximate surface area is 123 Å². The van der Waals surface area contributed by atoms with Crippen molar-refractivity contribution in [3.8, 4) is 17.1 Å². The molecule has 1 aliphatic heterocycles. The highest BCUT2D eigenvalue weighted by molar-refractivity contribution is 6.30. The summed E-state index contributed by atoms with van der Waals surface area (Å²) in [6, 6.07) is 9.90. The molecule has 2 aromatic rings. The van der Waals surface area contributed by atoms with Gasteiger partial charge in [0.05, 0.1) is 18.7 Å². The number of nitrogens with one attached hydrogen (secondary N) is 1. The third kappa shape index (κ3) is 2.69. The number of halogens is 1. The zero-order valence-electron chi connectivity index (χ0n) is 11.5. The number of hydrogen-bond donors (Lipinski definition) is 1. The Bertz CT molecular complexity index is 588. The lowest BCUT2D eigenvalue weighted by atomic mass is 10.0. The summed E-state index contributed by atoms with van der Waals surface area (Å²) in [5, 5.41) is 4.16. The Hall–Kier alpha value is -1.45. The molecule has 1 saturated heterocycles. The van der Waals surface area contributed by atoms with Gasteiger partial charge in [0.1, 0.15) is 17.3 Å². The molecule has 0 spiro atoms. The quantitative estimate of drug-likeness (QED) is 0.909. The van der Waals surface area contributed by atoms with Crippen LogP contribution in [0.2, 0.25) is 5.02 Å². The highest BCUT2D eigenvalue weighted by Gasteiger charge is 2.19. The molecule has 3 rings (SSSR count). The van der Waals surface area contributed by atoms with Crippen LogP contribution in [0, 0.1) is 0 Å². The average molecular weight is 292 g/mol. The average Bonchev–Trinajstić information content (AvgIpc) is 2.98. The highest BCUT2D eigenvalue weighted by atomic mass is 35.5. The van der Waals surface area contributed by atoms with Crippen molar-refractivity contribution in [2.24, 2.45) is 0 Å². The third-order valence-electron chi connectivity index (χ3n) is 3.71. The van der Waals surface area contributed by atoms with Crippen LogP contribution in [0.5, 0.6) is 5.75 Å². The molecule has 0 radical (unpaired) electrons. The van der Waals surface area contributed by atoms with Crippen LogP contribution in [0.1, 0.15) is 31.1 Å². The Morgan fingerprint density at radius 2 is 2.15 bits per heavy atom. The molecule has 0 aliphatic carbocycles. The fourth-order valence-corrected chi connectivity index (χ4v) is 2.82. The maximum absolute atomic E-state index is 6.07. The van der Waals surface area contributed by atoms with Gasteiger partial charge >= 0.3 is 0 Å². The van der Waals surface area contributed by atoms with Gasteiger partial charge in [-0.2, -0.15) is 0 Å². The lowest BCUT2D eigenvalue weighted by Crippen LogP contribution is -2.26. The largest absolute Gasteiger partial charge is 0.496 e. The normalized spacial score (nSPS) is 19.0. The van der Waals surface area contributed by atoms with Crippen molar-refractivity contribution in [1.82, 2.24) is 5.32 Å². The molecule has 1 aliphatic rings. The van der Waals surface area contributed by atoms with Crippen molar-refractivity contribution in [1.29, 1.82) is 0 Å². The molecule has 0 bridgehead atoms. The van der Waals surface area contributed by atoms with Gasteiger partial charge in [0, 0.05) is 5.02 Å². The van der Waals surface area contributed by atoms with Crippen molar-refractivity contribution in [2.75, 3.05) is 13.7 Å². The van der Waals surface area contributed by atoms with Gasteiger partial charge in [-0.15, -0.1) is 0 Å². The Morgan fingerprint density at radius 1 is 1.25 bits per heavy atom. The van der Waals surface area contributed by atoms with Crippen molar-refractivity contribution in [3.05, 3.63) is 41.1 Å². The molecule has 0 unspecified atom stereocenters. The Balaban J connectivity index is 1.91. The molecule has 106 valence electrons. The van der Waals surface area contributed by atoms with Gasteiger partial charge in [-0.05, 0) is 49.7 Å². The molecule has 1 atom stereocenters. The van der Waals surface area contributed by atoms with Crippen molar-refractivity contribution < 1.29 is 9.15 Å². The second kappa shape index (κ2) is 5.90. The van der Waals surface area contributed by atoms with E-state index in [1.54, 1.807) is 7.11 Å². The van der Waals surface area contributed by atoms with E-state index >= 15 is 0 Å². The summed E-state index contributed by atoms with van der Waals surface area (Å²) >= 11 is 6.07. The summed E-state index contributed by atoms with van der Waals surface area (Å²) in [5.41, 5.74) is 0.891. The number of piperidine rings is 1. The Morgan fingerprint density at radius 3 is 2.90 bits per heavy atom. The van der Waals surface area contributed by atoms with E-state index in [9.17, 15) is 0 Å². The molecule has 1 N–H and O–H groups in total. The van der Waals surface area contributed by atoms with E-state index in [1.165, 1.54) is 12.8 Å². The minimum atomic E-state index is 0.322. The molecule has 2 heterocycles. The van der Waals surface area contributed by atoms with Crippen LogP contribution in [-0.4, -0.2) is 13.7 Å². The zero-order chi connectivity index (χ0) is 13.9. The van der Waals surface area contributed by atoms with E-state index in [2.05, 4.69) is 5.32 Å². The molecule has 4 heteroatoms. The maximum atomic E-state index is 6.07. The molecular weight excluding hydrogens is 274 g/mol. The van der Waals surface area contributed by atoms with Gasteiger partial charge < -0.3 is 14.5 Å². The molecule has 0 saturated carbocycles. The zero-order valence-corrected chi connectivity index (χ0v) is 12.2. The van der Waals surface area contributed by atoms with Crippen LogP contribution in [0.4, 0.5) is 0 Å². The summed E-state index contributed by atoms with van der Waals surface area (Å²) in [4.78, 5) is 0. The maximum Gasteiger partial charge on any atom is 0.138 e. The standard InChI is InChI=1S/C16H18ClNO2/c1-19-14-6-5-11(17)10-12(14)15-7-8-16(20-15)13-4-2-3-9-18-13/h5-8,10,13,18H,2-4,9H2,1H3/t13-/m0/s1. The lowest BCUT2D eigenvalue weighted by Gasteiger charge is -2.21. The number of methoxy groups -OCH3 is 1. The van der Waals surface area contributed by atoms with Crippen LogP contribution in [-0.2, 0) is 0 Å². The number of furan rings is 1. The van der Waals surface area contributed by atoms with E-state index in [0.717, 1.165) is 35.8 Å². The van der Waals surface area contributed by atoms with E-state index < -0.39 is 0 Å². The topological polar surface area (TPSA) is 34.4 Å². The summed E-state index contributed by atoms with van der Waals surface area (Å²) in [5.74, 6) is 2.56. The predicted molar refractivity (Wildman–Crippen MR) is 80.3 cm³/mol. The first-order chi connectivity index (χ1) is 9.78. The molecule has 1 fully saturated rings. The summed E-state index contributed by atoms with van der Waals surface area (Å²) in [6.45, 7) is 1.06. The van der Waals surface area contributed by atoms with Crippen molar-refractivity contribution in [3.63, 3.8) is 0 Å². The first-order valence-electron chi connectivity index (χ1n) is 6.95. The number of rotatable bonds is 3. The van der Waals surface area contributed by atoms with Crippen LogP contribution >= 0.6 is 11.6 Å². The number of ether oxygens (including phenoxy) is 1. The van der Waals surface area contributed by atoms with Gasteiger partial charge in [0.2, 0.25) is 0 Å². The molecule has 1 aromatic carbocycles. The second-order valence-electron chi connectivity index (χ2n) is 5.05. The van der Waals surface area contributed by atoms with Gasteiger partial charge in [-0.25, -0.2) is 0 Å². The van der Waals surface area contributed by atoms with Crippen LogP contribution in [0.15, 0.2) is 34.7 Å². The fraction of sp³-hybridized carbons (Fsp3) is 0.375. The third-order valence-corrected chi connectivity index (χ3v) is 3.94. The van der Waals surface area contributed by atoms with Crippen LogP contribution < -0.4 is 10.1 Å². The van der Waals surface area contributed by atoms with Gasteiger partial charge in [-0.1, -0.05) is 18.0 Å². The van der Waals surface area contributed by atoms with Crippen LogP contribution in [0.3, 0.4) is 0 Å². The first kappa shape index (κ1) is 13.5. The molecular formula is C16H18ClNO2. The fourth-order valence-electron chi connectivity index (χ4n) is 2.65. The lowest BCUT2D eigenvalue weighted by molar-refractivity contribution is 0.352. The highest BCUT2D eigenvalue weighted by Crippen LogP contribution is 2.35. The van der Waals surface area contributed by atoms with Gasteiger partial charge in [0.25, 0.3) is 0 Å². The summed E-state index contributed by atoms with van der Waals surface area (Å²) < 4.78 is 11.4. The van der Waals surface area contributed by atoms with Crippen LogP contribution in [0.25, 0.3) is 11.3 Å². The van der Waals surface area contributed by atoms with Gasteiger partial charge in [0.15, 0.2) is 0 Å². The van der Waals surface area contributed by atoms with Crippen molar-refractivity contribution >= 4 is 11.6 Å². The number of benzene rings is 1. The van der Waals surface area contributed by atoms with E-state index in [0.29, 0.717) is 11.1 Å². The summed E-state index contributed by atoms with van der Waals surface area (Å²) in [6.07, 6.45) is 3.61.